The van der Waals surface area contributed by atoms with Crippen LogP contribution in [0.2, 0.25) is 0 Å². The van der Waals surface area contributed by atoms with Gasteiger partial charge in [0.15, 0.2) is 0 Å². The second-order valence-electron chi connectivity index (χ2n) is 6.97. The maximum absolute atomic E-state index is 12.7. The number of methoxy groups -OCH3 is 1. The lowest BCUT2D eigenvalue weighted by Crippen LogP contribution is -2.54. The Bertz CT molecular complexity index is 771. The number of H-pyrrole nitrogens is 1. The molecule has 6 nitrogen and oxygen atoms in total. The quantitative estimate of drug-likeness (QED) is 0.895. The van der Waals surface area contributed by atoms with Crippen molar-refractivity contribution in [3.63, 3.8) is 0 Å². The van der Waals surface area contributed by atoms with E-state index in [-0.39, 0.29) is 11.9 Å². The maximum atomic E-state index is 12.7. The highest BCUT2D eigenvalue weighted by molar-refractivity contribution is 5.77. The van der Waals surface area contributed by atoms with Gasteiger partial charge in [-0.2, -0.15) is 5.10 Å². The number of aromatic amines is 1. The first-order valence-corrected chi connectivity index (χ1v) is 9.19. The van der Waals surface area contributed by atoms with E-state index in [1.165, 1.54) is 0 Å². The molecule has 140 valence electrons. The minimum absolute atomic E-state index is 0.170. The summed E-state index contributed by atoms with van der Waals surface area (Å²) in [5.74, 6) is 1.08. The molecule has 0 spiro atoms. The van der Waals surface area contributed by atoms with Crippen LogP contribution in [0.4, 0.5) is 5.69 Å². The molecule has 0 aliphatic carbocycles. The summed E-state index contributed by atoms with van der Waals surface area (Å²) >= 11 is 0. The fraction of sp³-hybridized carbons (Fsp3) is 0.500. The fourth-order valence-electron chi connectivity index (χ4n) is 3.59. The SMILES string of the molecule is COc1ccccc1N1CCN(C(=O)CCc2n[nH]c(C)c2C)C(C)C1. The topological polar surface area (TPSA) is 61.5 Å². The van der Waals surface area contributed by atoms with Crippen LogP contribution in [0.3, 0.4) is 0 Å². The van der Waals surface area contributed by atoms with E-state index < -0.39 is 0 Å². The van der Waals surface area contributed by atoms with Gasteiger partial charge in [0.1, 0.15) is 5.75 Å². The molecule has 3 rings (SSSR count). The monoisotopic (exact) mass is 356 g/mol. The van der Waals surface area contributed by atoms with Gasteiger partial charge in [0.05, 0.1) is 18.5 Å². The third-order valence-electron chi connectivity index (χ3n) is 5.30. The number of piperazine rings is 1. The van der Waals surface area contributed by atoms with Crippen LogP contribution in [0.15, 0.2) is 24.3 Å². The zero-order valence-electron chi connectivity index (χ0n) is 16.1. The Morgan fingerprint density at radius 2 is 2.08 bits per heavy atom. The van der Waals surface area contributed by atoms with Crippen LogP contribution in [0.5, 0.6) is 5.75 Å². The molecule has 1 unspecified atom stereocenters. The Morgan fingerprint density at radius 1 is 1.31 bits per heavy atom. The molecule has 1 atom stereocenters. The van der Waals surface area contributed by atoms with Crippen molar-refractivity contribution in [1.29, 1.82) is 0 Å². The Morgan fingerprint density at radius 3 is 2.73 bits per heavy atom. The first-order chi connectivity index (χ1) is 12.5. The van der Waals surface area contributed by atoms with Gasteiger partial charge in [0.25, 0.3) is 0 Å². The number of amides is 1. The van der Waals surface area contributed by atoms with E-state index in [1.807, 2.05) is 36.9 Å². The smallest absolute Gasteiger partial charge is 0.223 e. The molecule has 1 aliphatic rings. The summed E-state index contributed by atoms with van der Waals surface area (Å²) in [6.45, 7) is 8.53. The zero-order chi connectivity index (χ0) is 18.7. The summed E-state index contributed by atoms with van der Waals surface area (Å²) in [5.41, 5.74) is 4.32. The predicted octanol–water partition coefficient (Wildman–Crippen LogP) is 2.71. The predicted molar refractivity (Wildman–Crippen MR) is 103 cm³/mol. The summed E-state index contributed by atoms with van der Waals surface area (Å²) in [6, 6.07) is 8.22. The molecule has 1 saturated heterocycles. The number of benzene rings is 1. The normalized spacial score (nSPS) is 17.5. The molecule has 0 saturated carbocycles. The molecular weight excluding hydrogens is 328 g/mol. The molecule has 2 heterocycles. The highest BCUT2D eigenvalue weighted by Crippen LogP contribution is 2.29. The Labute approximate surface area is 155 Å². The lowest BCUT2D eigenvalue weighted by atomic mass is 10.1. The molecule has 1 N–H and O–H groups in total. The number of para-hydroxylation sites is 2. The Hall–Kier alpha value is -2.50. The first kappa shape index (κ1) is 18.3. The van der Waals surface area contributed by atoms with Crippen LogP contribution in [0.25, 0.3) is 0 Å². The number of aryl methyl sites for hydroxylation is 2. The summed E-state index contributed by atoms with van der Waals surface area (Å²) in [7, 11) is 1.70. The summed E-state index contributed by atoms with van der Waals surface area (Å²) in [6.07, 6.45) is 1.19. The standard InChI is InChI=1S/C20H28N4O2/c1-14-13-23(18-7-5-6-8-19(18)26-4)11-12-24(14)20(25)10-9-17-15(2)16(3)21-22-17/h5-8,14H,9-13H2,1-4H3,(H,21,22). The molecule has 1 aromatic heterocycles. The van der Waals surface area contributed by atoms with Crippen LogP contribution in [-0.4, -0.2) is 53.8 Å². The number of nitrogens with zero attached hydrogens (tertiary/aromatic N) is 3. The van der Waals surface area contributed by atoms with Gasteiger partial charge in [0.2, 0.25) is 5.91 Å². The van der Waals surface area contributed by atoms with Crippen molar-refractivity contribution < 1.29 is 9.53 Å². The lowest BCUT2D eigenvalue weighted by Gasteiger charge is -2.41. The number of hydrogen-bond donors (Lipinski definition) is 1. The van der Waals surface area contributed by atoms with Crippen LogP contribution in [0.1, 0.15) is 30.3 Å². The molecule has 1 aromatic carbocycles. The average Bonchev–Trinajstić information content (AvgIpc) is 2.98. The number of anilines is 1. The van der Waals surface area contributed by atoms with Crippen molar-refractivity contribution in [2.24, 2.45) is 0 Å². The third kappa shape index (κ3) is 3.69. The summed E-state index contributed by atoms with van der Waals surface area (Å²) in [5, 5.41) is 7.29. The molecule has 1 aliphatic heterocycles. The minimum Gasteiger partial charge on any atom is -0.495 e. The Balaban J connectivity index is 1.60. The second kappa shape index (κ2) is 7.81. The van der Waals surface area contributed by atoms with Crippen molar-refractivity contribution in [1.82, 2.24) is 15.1 Å². The molecule has 1 fully saturated rings. The molecule has 2 aromatic rings. The van der Waals surface area contributed by atoms with E-state index in [1.54, 1.807) is 7.11 Å². The zero-order valence-corrected chi connectivity index (χ0v) is 16.1. The van der Waals surface area contributed by atoms with E-state index >= 15 is 0 Å². The number of carbonyl (C=O) groups is 1. The Kier molecular flexibility index (Phi) is 5.49. The fourth-order valence-corrected chi connectivity index (χ4v) is 3.59. The molecular formula is C20H28N4O2. The third-order valence-corrected chi connectivity index (χ3v) is 5.30. The van der Waals surface area contributed by atoms with Gasteiger partial charge in [-0.05, 0) is 38.5 Å². The largest absolute Gasteiger partial charge is 0.495 e. The summed E-state index contributed by atoms with van der Waals surface area (Å²) < 4.78 is 5.48. The van der Waals surface area contributed by atoms with Crippen molar-refractivity contribution >= 4 is 11.6 Å². The number of nitrogens with one attached hydrogen (secondary N) is 1. The van der Waals surface area contributed by atoms with Gasteiger partial charge >= 0.3 is 0 Å². The van der Waals surface area contributed by atoms with Gasteiger partial charge in [-0.25, -0.2) is 0 Å². The van der Waals surface area contributed by atoms with E-state index in [4.69, 9.17) is 4.74 Å². The van der Waals surface area contributed by atoms with Crippen LogP contribution in [-0.2, 0) is 11.2 Å². The molecule has 0 radical (unpaired) electrons. The van der Waals surface area contributed by atoms with E-state index in [0.29, 0.717) is 12.8 Å². The number of aromatic nitrogens is 2. The molecule has 26 heavy (non-hydrogen) atoms. The number of rotatable bonds is 5. The van der Waals surface area contributed by atoms with Gasteiger partial charge in [-0.3, -0.25) is 9.89 Å². The van der Waals surface area contributed by atoms with Crippen LogP contribution >= 0.6 is 0 Å². The van der Waals surface area contributed by atoms with Gasteiger partial charge in [-0.1, -0.05) is 12.1 Å². The van der Waals surface area contributed by atoms with E-state index in [0.717, 1.165) is 48.0 Å². The van der Waals surface area contributed by atoms with Crippen LogP contribution in [0, 0.1) is 13.8 Å². The average molecular weight is 356 g/mol. The molecule has 6 heteroatoms. The van der Waals surface area contributed by atoms with E-state index in [9.17, 15) is 4.79 Å². The van der Waals surface area contributed by atoms with Crippen LogP contribution < -0.4 is 9.64 Å². The number of carbonyl (C=O) groups excluding carboxylic acids is 1. The lowest BCUT2D eigenvalue weighted by molar-refractivity contribution is -0.133. The minimum atomic E-state index is 0.170. The maximum Gasteiger partial charge on any atom is 0.223 e. The number of hydrogen-bond acceptors (Lipinski definition) is 4. The highest BCUT2D eigenvalue weighted by Gasteiger charge is 2.28. The van der Waals surface area contributed by atoms with Gasteiger partial charge in [-0.15, -0.1) is 0 Å². The molecule has 0 bridgehead atoms. The summed E-state index contributed by atoms with van der Waals surface area (Å²) in [4.78, 5) is 17.0. The van der Waals surface area contributed by atoms with Crippen molar-refractivity contribution in [3.8, 4) is 5.75 Å². The van der Waals surface area contributed by atoms with Gasteiger partial charge in [0, 0.05) is 44.2 Å². The van der Waals surface area contributed by atoms with Crippen molar-refractivity contribution in [2.45, 2.75) is 39.7 Å². The second-order valence-corrected chi connectivity index (χ2v) is 6.97. The van der Waals surface area contributed by atoms with Crippen molar-refractivity contribution in [3.05, 3.63) is 41.2 Å². The highest BCUT2D eigenvalue weighted by atomic mass is 16.5. The molecule has 1 amide bonds. The number of ether oxygens (including phenoxy) is 1. The van der Waals surface area contributed by atoms with Gasteiger partial charge < -0.3 is 14.5 Å². The van der Waals surface area contributed by atoms with Crippen molar-refractivity contribution in [2.75, 3.05) is 31.6 Å². The first-order valence-electron chi connectivity index (χ1n) is 9.19. The van der Waals surface area contributed by atoms with E-state index in [2.05, 4.69) is 28.1 Å².